The number of hydrogen-bond donors (Lipinski definition) is 1. The van der Waals surface area contributed by atoms with E-state index in [9.17, 15) is 0 Å². The summed E-state index contributed by atoms with van der Waals surface area (Å²) in [6, 6.07) is 0. The van der Waals surface area contributed by atoms with E-state index in [1.54, 1.807) is 11.8 Å². The molecule has 17 heavy (non-hydrogen) atoms. The predicted octanol–water partition coefficient (Wildman–Crippen LogP) is 1.01. The van der Waals surface area contributed by atoms with Crippen molar-refractivity contribution in [2.75, 3.05) is 20.3 Å². The number of aromatic nitrogens is 2. The van der Waals surface area contributed by atoms with Crippen LogP contribution in [0, 0.1) is 6.92 Å². The normalized spacial score (nSPS) is 19.8. The highest BCUT2D eigenvalue weighted by atomic mass is 16.5. The van der Waals surface area contributed by atoms with Gasteiger partial charge in [0.25, 0.3) is 0 Å². The fourth-order valence-corrected chi connectivity index (χ4v) is 2.30. The third-order valence-electron chi connectivity index (χ3n) is 3.18. The molecular formula is C12H21N3O2. The lowest BCUT2D eigenvalue weighted by Crippen LogP contribution is -2.26. The Morgan fingerprint density at radius 3 is 3.06 bits per heavy atom. The first-order valence-corrected chi connectivity index (χ1v) is 6.11. The third kappa shape index (κ3) is 2.79. The van der Waals surface area contributed by atoms with E-state index in [-0.39, 0.29) is 0 Å². The first kappa shape index (κ1) is 12.4. The molecule has 0 saturated carbocycles. The zero-order valence-corrected chi connectivity index (χ0v) is 10.8. The van der Waals surface area contributed by atoms with Crippen molar-refractivity contribution in [3.05, 3.63) is 11.3 Å². The van der Waals surface area contributed by atoms with Crippen molar-refractivity contribution in [3.63, 3.8) is 0 Å². The van der Waals surface area contributed by atoms with Gasteiger partial charge in [-0.25, -0.2) is 4.68 Å². The lowest BCUT2D eigenvalue weighted by molar-refractivity contribution is 0.110. The fourth-order valence-electron chi connectivity index (χ4n) is 2.30. The summed E-state index contributed by atoms with van der Waals surface area (Å²) in [5.41, 5.74) is 2.15. The number of nitrogens with zero attached hydrogens (tertiary/aromatic N) is 2. The number of nitrogens with one attached hydrogen (secondary N) is 1. The van der Waals surface area contributed by atoms with E-state index in [2.05, 4.69) is 10.4 Å². The maximum atomic E-state index is 5.57. The van der Waals surface area contributed by atoms with Gasteiger partial charge < -0.3 is 14.8 Å². The second-order valence-corrected chi connectivity index (χ2v) is 4.46. The molecule has 96 valence electrons. The Balaban J connectivity index is 1.89. The van der Waals surface area contributed by atoms with Crippen molar-refractivity contribution in [2.24, 2.45) is 7.05 Å². The molecule has 1 atom stereocenters. The monoisotopic (exact) mass is 239 g/mol. The van der Waals surface area contributed by atoms with Crippen LogP contribution >= 0.6 is 0 Å². The van der Waals surface area contributed by atoms with Crippen molar-refractivity contribution in [2.45, 2.75) is 32.4 Å². The van der Waals surface area contributed by atoms with Crippen molar-refractivity contribution in [1.82, 2.24) is 15.1 Å². The van der Waals surface area contributed by atoms with Gasteiger partial charge in [-0.2, -0.15) is 5.10 Å². The summed E-state index contributed by atoms with van der Waals surface area (Å²) in [7, 11) is 3.58. The van der Waals surface area contributed by atoms with Crippen LogP contribution in [0.2, 0.25) is 0 Å². The van der Waals surface area contributed by atoms with Crippen LogP contribution in [-0.2, 0) is 18.3 Å². The first-order chi connectivity index (χ1) is 8.22. The van der Waals surface area contributed by atoms with Gasteiger partial charge in [-0.15, -0.1) is 0 Å². The molecule has 2 heterocycles. The molecule has 1 aliphatic rings. The van der Waals surface area contributed by atoms with Gasteiger partial charge in [0.1, 0.15) is 0 Å². The van der Waals surface area contributed by atoms with Gasteiger partial charge in [0.05, 0.1) is 24.5 Å². The van der Waals surface area contributed by atoms with E-state index in [0.29, 0.717) is 6.10 Å². The summed E-state index contributed by atoms with van der Waals surface area (Å²) in [5, 5.41) is 7.77. The van der Waals surface area contributed by atoms with Gasteiger partial charge in [0.15, 0.2) is 0 Å². The topological polar surface area (TPSA) is 48.3 Å². The number of methoxy groups -OCH3 is 1. The molecule has 0 aromatic carbocycles. The van der Waals surface area contributed by atoms with E-state index < -0.39 is 0 Å². The second kappa shape index (κ2) is 5.51. The zero-order valence-electron chi connectivity index (χ0n) is 10.8. The molecule has 0 spiro atoms. The molecule has 5 heteroatoms. The Kier molecular flexibility index (Phi) is 4.02. The van der Waals surface area contributed by atoms with Gasteiger partial charge >= 0.3 is 0 Å². The van der Waals surface area contributed by atoms with Crippen molar-refractivity contribution in [3.8, 4) is 5.88 Å². The molecule has 1 N–H and O–H groups in total. The summed E-state index contributed by atoms with van der Waals surface area (Å²) in [6.07, 6.45) is 2.72. The fraction of sp³-hybridized carbons (Fsp3) is 0.750. The molecular weight excluding hydrogens is 218 g/mol. The highest BCUT2D eigenvalue weighted by molar-refractivity contribution is 5.30. The Hall–Kier alpha value is -1.07. The minimum absolute atomic E-state index is 0.373. The summed E-state index contributed by atoms with van der Waals surface area (Å²) in [4.78, 5) is 0. The molecule has 1 aromatic rings. The summed E-state index contributed by atoms with van der Waals surface area (Å²) >= 11 is 0. The van der Waals surface area contributed by atoms with Gasteiger partial charge in [0.2, 0.25) is 5.88 Å². The Labute approximate surface area is 102 Å². The van der Waals surface area contributed by atoms with Crippen LogP contribution in [0.3, 0.4) is 0 Å². The van der Waals surface area contributed by atoms with E-state index in [4.69, 9.17) is 9.47 Å². The van der Waals surface area contributed by atoms with Crippen molar-refractivity contribution in [1.29, 1.82) is 0 Å². The molecule has 0 radical (unpaired) electrons. The maximum absolute atomic E-state index is 5.57. The maximum Gasteiger partial charge on any atom is 0.216 e. The predicted molar refractivity (Wildman–Crippen MR) is 65.2 cm³/mol. The molecule has 5 nitrogen and oxygen atoms in total. The van der Waals surface area contributed by atoms with E-state index in [1.165, 1.54) is 6.42 Å². The van der Waals surface area contributed by atoms with Crippen molar-refractivity contribution >= 4 is 0 Å². The minimum atomic E-state index is 0.373. The van der Waals surface area contributed by atoms with Crippen LogP contribution in [0.15, 0.2) is 0 Å². The lowest BCUT2D eigenvalue weighted by Gasteiger charge is -2.11. The quantitative estimate of drug-likeness (QED) is 0.833. The molecule has 1 aromatic heterocycles. The van der Waals surface area contributed by atoms with Crippen LogP contribution in [0.25, 0.3) is 0 Å². The SMILES string of the molecule is COc1c(CNC[C@H]2CCCO2)c(C)nn1C. The molecule has 0 unspecified atom stereocenters. The van der Waals surface area contributed by atoms with Gasteiger partial charge in [-0.3, -0.25) is 0 Å². The van der Waals surface area contributed by atoms with E-state index in [0.717, 1.165) is 43.3 Å². The minimum Gasteiger partial charge on any atom is -0.481 e. The zero-order chi connectivity index (χ0) is 12.3. The molecule has 1 fully saturated rings. The molecule has 1 saturated heterocycles. The average Bonchev–Trinajstić information content (AvgIpc) is 2.88. The number of aryl methyl sites for hydroxylation is 2. The van der Waals surface area contributed by atoms with Crippen LogP contribution in [0.5, 0.6) is 5.88 Å². The number of ether oxygens (including phenoxy) is 2. The molecule has 0 bridgehead atoms. The van der Waals surface area contributed by atoms with Gasteiger partial charge in [0, 0.05) is 26.7 Å². The van der Waals surface area contributed by atoms with Crippen LogP contribution < -0.4 is 10.1 Å². The largest absolute Gasteiger partial charge is 0.481 e. The molecule has 0 amide bonds. The van der Waals surface area contributed by atoms with E-state index in [1.807, 2.05) is 14.0 Å². The summed E-state index contributed by atoms with van der Waals surface area (Å²) in [6.45, 7) is 4.59. The summed E-state index contributed by atoms with van der Waals surface area (Å²) < 4.78 is 12.7. The molecule has 1 aliphatic heterocycles. The van der Waals surface area contributed by atoms with Crippen LogP contribution in [0.4, 0.5) is 0 Å². The highest BCUT2D eigenvalue weighted by Crippen LogP contribution is 2.20. The molecule has 0 aliphatic carbocycles. The second-order valence-electron chi connectivity index (χ2n) is 4.46. The Bertz CT molecular complexity index is 370. The van der Waals surface area contributed by atoms with E-state index >= 15 is 0 Å². The molecule has 2 rings (SSSR count). The van der Waals surface area contributed by atoms with Crippen LogP contribution in [-0.4, -0.2) is 36.1 Å². The number of rotatable bonds is 5. The van der Waals surface area contributed by atoms with Gasteiger partial charge in [-0.1, -0.05) is 0 Å². The summed E-state index contributed by atoms with van der Waals surface area (Å²) in [5.74, 6) is 0.836. The number of hydrogen-bond acceptors (Lipinski definition) is 4. The Morgan fingerprint density at radius 2 is 2.41 bits per heavy atom. The standard InChI is InChI=1S/C12H21N3O2/c1-9-11(12(16-3)15(2)14-9)8-13-7-10-5-4-6-17-10/h10,13H,4-8H2,1-3H3/t10-/m1/s1. The first-order valence-electron chi connectivity index (χ1n) is 6.11. The third-order valence-corrected chi connectivity index (χ3v) is 3.18. The van der Waals surface area contributed by atoms with Crippen LogP contribution in [0.1, 0.15) is 24.1 Å². The highest BCUT2D eigenvalue weighted by Gasteiger charge is 2.17. The van der Waals surface area contributed by atoms with Gasteiger partial charge in [-0.05, 0) is 19.8 Å². The smallest absolute Gasteiger partial charge is 0.216 e. The van der Waals surface area contributed by atoms with Crippen molar-refractivity contribution < 1.29 is 9.47 Å². The Morgan fingerprint density at radius 1 is 1.59 bits per heavy atom. The lowest BCUT2D eigenvalue weighted by atomic mass is 10.2. The average molecular weight is 239 g/mol.